The van der Waals surface area contributed by atoms with Gasteiger partial charge in [-0.2, -0.15) is 0 Å². The predicted octanol–water partition coefficient (Wildman–Crippen LogP) is 0.428. The summed E-state index contributed by atoms with van der Waals surface area (Å²) in [5, 5.41) is 3.56. The normalized spacial score (nSPS) is 27.2. The van der Waals surface area contributed by atoms with E-state index in [1.165, 1.54) is 6.42 Å². The molecule has 0 aromatic rings. The molecule has 94 valence electrons. The van der Waals surface area contributed by atoms with E-state index in [0.29, 0.717) is 24.4 Å². The Morgan fingerprint density at radius 2 is 2.19 bits per heavy atom. The number of carbonyl (C=O) groups is 1. The van der Waals surface area contributed by atoms with Crippen molar-refractivity contribution in [3.05, 3.63) is 0 Å². The largest absolute Gasteiger partial charge is 0.369 e. The fraction of sp³-hybridized carbons (Fsp3) is 0.917. The van der Waals surface area contributed by atoms with Crippen LogP contribution in [0.4, 0.5) is 0 Å². The summed E-state index contributed by atoms with van der Waals surface area (Å²) in [6.07, 6.45) is 1.20. The van der Waals surface area contributed by atoms with Gasteiger partial charge in [0.1, 0.15) is 0 Å². The summed E-state index contributed by atoms with van der Waals surface area (Å²) in [6.45, 7) is 10.0. The Kier molecular flexibility index (Phi) is 5.22. The molecule has 0 aromatic carbocycles. The van der Waals surface area contributed by atoms with Gasteiger partial charge >= 0.3 is 0 Å². The van der Waals surface area contributed by atoms with Crippen LogP contribution in [0.3, 0.4) is 0 Å². The standard InChI is InChI=1S/C12H25N3O/c1-9(2)5-14-11-4-10(3)6-15(7-11)8-12(13)16/h9-11,14H,4-8H2,1-3H3,(H2,13,16). The second kappa shape index (κ2) is 6.21. The molecule has 0 bridgehead atoms. The Hall–Kier alpha value is -0.610. The van der Waals surface area contributed by atoms with Gasteiger partial charge in [-0.25, -0.2) is 0 Å². The summed E-state index contributed by atoms with van der Waals surface area (Å²) < 4.78 is 0. The predicted molar refractivity (Wildman–Crippen MR) is 66.0 cm³/mol. The van der Waals surface area contributed by atoms with Crippen molar-refractivity contribution in [2.75, 3.05) is 26.2 Å². The van der Waals surface area contributed by atoms with Crippen molar-refractivity contribution in [2.24, 2.45) is 17.6 Å². The third-order valence-corrected chi connectivity index (χ3v) is 2.93. The van der Waals surface area contributed by atoms with Crippen molar-refractivity contribution in [2.45, 2.75) is 33.2 Å². The zero-order valence-electron chi connectivity index (χ0n) is 10.7. The van der Waals surface area contributed by atoms with Gasteiger partial charge in [-0.15, -0.1) is 0 Å². The summed E-state index contributed by atoms with van der Waals surface area (Å²) in [6, 6.07) is 0.505. The highest BCUT2D eigenvalue weighted by Crippen LogP contribution is 2.16. The highest BCUT2D eigenvalue weighted by molar-refractivity contribution is 5.75. The van der Waals surface area contributed by atoms with E-state index in [-0.39, 0.29) is 5.91 Å². The molecular weight excluding hydrogens is 202 g/mol. The highest BCUT2D eigenvalue weighted by Gasteiger charge is 2.25. The minimum absolute atomic E-state index is 0.225. The molecule has 1 heterocycles. The van der Waals surface area contributed by atoms with E-state index in [2.05, 4.69) is 31.0 Å². The maximum Gasteiger partial charge on any atom is 0.231 e. The average molecular weight is 227 g/mol. The molecule has 4 heteroatoms. The van der Waals surface area contributed by atoms with Crippen LogP contribution in [0.1, 0.15) is 27.2 Å². The maximum absolute atomic E-state index is 10.9. The van der Waals surface area contributed by atoms with Gasteiger partial charge in [-0.1, -0.05) is 20.8 Å². The molecular formula is C12H25N3O. The Morgan fingerprint density at radius 3 is 2.75 bits per heavy atom. The summed E-state index contributed by atoms with van der Waals surface area (Å²) in [7, 11) is 0. The average Bonchev–Trinajstić information content (AvgIpc) is 2.12. The van der Waals surface area contributed by atoms with Crippen molar-refractivity contribution in [1.29, 1.82) is 0 Å². The quantitative estimate of drug-likeness (QED) is 0.716. The lowest BCUT2D eigenvalue weighted by atomic mass is 9.95. The molecule has 0 radical (unpaired) electrons. The second-order valence-electron chi connectivity index (χ2n) is 5.50. The molecule has 0 saturated carbocycles. The smallest absolute Gasteiger partial charge is 0.231 e. The number of amides is 1. The number of carbonyl (C=O) groups excluding carboxylic acids is 1. The van der Waals surface area contributed by atoms with Crippen molar-refractivity contribution >= 4 is 5.91 Å². The number of piperidine rings is 1. The van der Waals surface area contributed by atoms with Gasteiger partial charge in [-0.3, -0.25) is 9.69 Å². The molecule has 1 saturated heterocycles. The lowest BCUT2D eigenvalue weighted by molar-refractivity contribution is -0.119. The number of hydrogen-bond donors (Lipinski definition) is 2. The fourth-order valence-corrected chi connectivity index (χ4v) is 2.36. The van der Waals surface area contributed by atoms with Crippen molar-refractivity contribution < 1.29 is 4.79 Å². The molecule has 1 fully saturated rings. The van der Waals surface area contributed by atoms with Gasteiger partial charge in [0.15, 0.2) is 0 Å². The van der Waals surface area contributed by atoms with Crippen LogP contribution < -0.4 is 11.1 Å². The Balaban J connectivity index is 2.38. The van der Waals surface area contributed by atoms with E-state index >= 15 is 0 Å². The van der Waals surface area contributed by atoms with Gasteiger partial charge < -0.3 is 11.1 Å². The van der Waals surface area contributed by atoms with Crippen LogP contribution in [0, 0.1) is 11.8 Å². The summed E-state index contributed by atoms with van der Waals surface area (Å²) in [4.78, 5) is 13.1. The van der Waals surface area contributed by atoms with Crippen LogP contribution >= 0.6 is 0 Å². The van der Waals surface area contributed by atoms with Gasteiger partial charge in [0.25, 0.3) is 0 Å². The van der Waals surface area contributed by atoms with Crippen LogP contribution in [0.2, 0.25) is 0 Å². The fourth-order valence-electron chi connectivity index (χ4n) is 2.36. The van der Waals surface area contributed by atoms with Crippen LogP contribution in [0.5, 0.6) is 0 Å². The summed E-state index contributed by atoms with van der Waals surface area (Å²) >= 11 is 0. The molecule has 4 nitrogen and oxygen atoms in total. The van der Waals surface area contributed by atoms with Gasteiger partial charge in [0.05, 0.1) is 6.54 Å². The van der Waals surface area contributed by atoms with Crippen molar-refractivity contribution in [1.82, 2.24) is 10.2 Å². The van der Waals surface area contributed by atoms with Crippen LogP contribution in [0.25, 0.3) is 0 Å². The lowest BCUT2D eigenvalue weighted by Crippen LogP contribution is -2.51. The first kappa shape index (κ1) is 13.5. The zero-order chi connectivity index (χ0) is 12.1. The zero-order valence-corrected chi connectivity index (χ0v) is 10.7. The third kappa shape index (κ3) is 4.94. The number of nitrogens with one attached hydrogen (secondary N) is 1. The number of nitrogens with zero attached hydrogens (tertiary/aromatic N) is 1. The van der Waals surface area contributed by atoms with Crippen LogP contribution in [-0.4, -0.2) is 43.0 Å². The molecule has 2 unspecified atom stereocenters. The first-order valence-corrected chi connectivity index (χ1v) is 6.21. The number of likely N-dealkylation sites (tertiary alicyclic amines) is 1. The number of primary amides is 1. The lowest BCUT2D eigenvalue weighted by Gasteiger charge is -2.36. The van der Waals surface area contributed by atoms with E-state index in [1.807, 2.05) is 0 Å². The summed E-state index contributed by atoms with van der Waals surface area (Å²) in [5.41, 5.74) is 5.24. The Bertz CT molecular complexity index is 230. The van der Waals surface area contributed by atoms with E-state index in [1.54, 1.807) is 0 Å². The van der Waals surface area contributed by atoms with Crippen LogP contribution in [0.15, 0.2) is 0 Å². The van der Waals surface area contributed by atoms with Gasteiger partial charge in [-0.05, 0) is 24.8 Å². The topological polar surface area (TPSA) is 58.4 Å². The minimum atomic E-state index is -0.225. The van der Waals surface area contributed by atoms with E-state index in [0.717, 1.165) is 19.6 Å². The molecule has 1 rings (SSSR count). The molecule has 0 aliphatic carbocycles. The summed E-state index contributed by atoms with van der Waals surface area (Å²) in [5.74, 6) is 1.08. The molecule has 1 aliphatic rings. The molecule has 1 amide bonds. The third-order valence-electron chi connectivity index (χ3n) is 2.93. The molecule has 2 atom stereocenters. The molecule has 1 aliphatic heterocycles. The van der Waals surface area contributed by atoms with E-state index < -0.39 is 0 Å². The molecule has 0 spiro atoms. The second-order valence-corrected chi connectivity index (χ2v) is 5.50. The van der Waals surface area contributed by atoms with Gasteiger partial charge in [0, 0.05) is 19.1 Å². The van der Waals surface area contributed by atoms with E-state index in [4.69, 9.17) is 5.73 Å². The first-order chi connectivity index (χ1) is 7.47. The number of nitrogens with two attached hydrogens (primary N) is 1. The van der Waals surface area contributed by atoms with Crippen molar-refractivity contribution in [3.8, 4) is 0 Å². The first-order valence-electron chi connectivity index (χ1n) is 6.21. The van der Waals surface area contributed by atoms with Crippen LogP contribution in [-0.2, 0) is 4.79 Å². The molecule has 0 aromatic heterocycles. The minimum Gasteiger partial charge on any atom is -0.369 e. The number of hydrogen-bond acceptors (Lipinski definition) is 3. The molecule has 16 heavy (non-hydrogen) atoms. The SMILES string of the molecule is CC(C)CNC1CC(C)CN(CC(N)=O)C1. The Labute approximate surface area is 98.6 Å². The maximum atomic E-state index is 10.9. The monoisotopic (exact) mass is 227 g/mol. The molecule has 3 N–H and O–H groups in total. The number of rotatable bonds is 5. The van der Waals surface area contributed by atoms with E-state index in [9.17, 15) is 4.79 Å². The Morgan fingerprint density at radius 1 is 1.50 bits per heavy atom. The van der Waals surface area contributed by atoms with Crippen molar-refractivity contribution in [3.63, 3.8) is 0 Å². The van der Waals surface area contributed by atoms with Gasteiger partial charge in [0.2, 0.25) is 5.91 Å². The highest BCUT2D eigenvalue weighted by atomic mass is 16.1.